The van der Waals surface area contributed by atoms with Gasteiger partial charge in [0.2, 0.25) is 0 Å². The molecule has 0 radical (unpaired) electrons. The van der Waals surface area contributed by atoms with Gasteiger partial charge in [-0.05, 0) is 13.0 Å². The lowest BCUT2D eigenvalue weighted by Gasteiger charge is -2.04. The van der Waals surface area contributed by atoms with E-state index in [-0.39, 0.29) is 0 Å². The molecule has 0 unspecified atom stereocenters. The molecule has 0 aliphatic rings. The van der Waals surface area contributed by atoms with Crippen LogP contribution in [-0.4, -0.2) is 17.2 Å². The van der Waals surface area contributed by atoms with Crippen molar-refractivity contribution in [2.45, 2.75) is 13.0 Å². The van der Waals surface area contributed by atoms with Gasteiger partial charge in [0.25, 0.3) is 0 Å². The summed E-state index contributed by atoms with van der Waals surface area (Å²) in [6.45, 7) is 1.69. The van der Waals surface area contributed by atoms with Crippen molar-refractivity contribution in [2.24, 2.45) is 0 Å². The number of rotatable bonds is 2. The molecule has 1 rings (SSSR count). The van der Waals surface area contributed by atoms with Gasteiger partial charge in [0.1, 0.15) is 5.75 Å². The highest BCUT2D eigenvalue weighted by Crippen LogP contribution is 2.15. The van der Waals surface area contributed by atoms with E-state index in [2.05, 4.69) is 4.98 Å². The van der Waals surface area contributed by atoms with Gasteiger partial charge in [-0.2, -0.15) is 0 Å². The predicted molar refractivity (Wildman–Crippen MR) is 41.4 cm³/mol. The number of aromatic nitrogens is 1. The monoisotopic (exact) mass is 153 g/mol. The second-order valence-corrected chi connectivity index (χ2v) is 2.33. The molecular weight excluding hydrogens is 142 g/mol. The number of methoxy groups -OCH3 is 1. The summed E-state index contributed by atoms with van der Waals surface area (Å²) >= 11 is 0. The van der Waals surface area contributed by atoms with Gasteiger partial charge >= 0.3 is 0 Å². The highest BCUT2D eigenvalue weighted by Gasteiger charge is 2.01. The maximum absolute atomic E-state index is 9.15. The number of hydrogen-bond donors (Lipinski definition) is 1. The number of pyridine rings is 1. The fraction of sp³-hybridized carbons (Fsp3) is 0.375. The molecule has 0 aromatic carbocycles. The first-order chi connectivity index (χ1) is 5.24. The number of aliphatic hydroxyl groups excluding tert-OH is 1. The van der Waals surface area contributed by atoms with Gasteiger partial charge in [-0.15, -0.1) is 0 Å². The van der Waals surface area contributed by atoms with Crippen LogP contribution < -0.4 is 4.74 Å². The summed E-state index contributed by atoms with van der Waals surface area (Å²) in [6, 6.07) is 1.76. The molecule has 0 fully saturated rings. The van der Waals surface area contributed by atoms with E-state index < -0.39 is 6.10 Å². The van der Waals surface area contributed by atoms with Crippen molar-refractivity contribution >= 4 is 0 Å². The van der Waals surface area contributed by atoms with Crippen molar-refractivity contribution in [1.29, 1.82) is 0 Å². The van der Waals surface area contributed by atoms with Crippen LogP contribution in [0.2, 0.25) is 0 Å². The molecule has 60 valence electrons. The molecule has 1 N–H and O–H groups in total. The predicted octanol–water partition coefficient (Wildman–Crippen LogP) is 1.14. The zero-order valence-electron chi connectivity index (χ0n) is 6.61. The fourth-order valence-corrected chi connectivity index (χ4v) is 0.776. The molecule has 0 spiro atoms. The highest BCUT2D eigenvalue weighted by molar-refractivity contribution is 5.24. The second-order valence-electron chi connectivity index (χ2n) is 2.33. The average Bonchev–Trinajstić information content (AvgIpc) is 2.05. The first-order valence-electron chi connectivity index (χ1n) is 3.41. The molecule has 0 saturated carbocycles. The van der Waals surface area contributed by atoms with Crippen LogP contribution in [0.25, 0.3) is 0 Å². The van der Waals surface area contributed by atoms with Crippen molar-refractivity contribution in [3.63, 3.8) is 0 Å². The van der Waals surface area contributed by atoms with E-state index in [4.69, 9.17) is 9.84 Å². The molecule has 3 heteroatoms. The normalized spacial score (nSPS) is 12.6. The smallest absolute Gasteiger partial charge is 0.137 e. The van der Waals surface area contributed by atoms with E-state index in [1.54, 1.807) is 32.5 Å². The first kappa shape index (κ1) is 8.01. The van der Waals surface area contributed by atoms with Crippen LogP contribution in [-0.2, 0) is 0 Å². The Morgan fingerprint density at radius 2 is 2.27 bits per heavy atom. The van der Waals surface area contributed by atoms with Gasteiger partial charge in [0.05, 0.1) is 19.4 Å². The van der Waals surface area contributed by atoms with E-state index >= 15 is 0 Å². The van der Waals surface area contributed by atoms with Gasteiger partial charge in [-0.25, -0.2) is 0 Å². The SMILES string of the molecule is COc1cncc([C@@H](C)O)c1. The van der Waals surface area contributed by atoms with Crippen LogP contribution >= 0.6 is 0 Å². The highest BCUT2D eigenvalue weighted by atomic mass is 16.5. The summed E-state index contributed by atoms with van der Waals surface area (Å²) in [7, 11) is 1.57. The van der Waals surface area contributed by atoms with Gasteiger partial charge in [0, 0.05) is 11.8 Å². The Kier molecular flexibility index (Phi) is 2.44. The van der Waals surface area contributed by atoms with Crippen molar-refractivity contribution in [3.05, 3.63) is 24.0 Å². The lowest BCUT2D eigenvalue weighted by Crippen LogP contribution is -1.93. The summed E-state index contributed by atoms with van der Waals surface area (Å²) in [5.74, 6) is 0.670. The molecule has 3 nitrogen and oxygen atoms in total. The van der Waals surface area contributed by atoms with Crippen LogP contribution in [0.3, 0.4) is 0 Å². The lowest BCUT2D eigenvalue weighted by molar-refractivity contribution is 0.198. The molecule has 1 aromatic rings. The van der Waals surface area contributed by atoms with Crippen LogP contribution in [0.1, 0.15) is 18.6 Å². The third kappa shape index (κ3) is 1.91. The summed E-state index contributed by atoms with van der Waals surface area (Å²) in [4.78, 5) is 3.89. The number of nitrogens with zero attached hydrogens (tertiary/aromatic N) is 1. The molecule has 0 aliphatic carbocycles. The Hall–Kier alpha value is -1.09. The minimum absolute atomic E-state index is 0.488. The Bertz CT molecular complexity index is 235. The molecule has 11 heavy (non-hydrogen) atoms. The number of aliphatic hydroxyl groups is 1. The number of hydrogen-bond acceptors (Lipinski definition) is 3. The van der Waals surface area contributed by atoms with E-state index in [0.717, 1.165) is 5.56 Å². The average molecular weight is 153 g/mol. The maximum Gasteiger partial charge on any atom is 0.137 e. The molecule has 1 atom stereocenters. The molecular formula is C8H11NO2. The summed E-state index contributed by atoms with van der Waals surface area (Å²) in [5.41, 5.74) is 0.768. The molecule has 0 aliphatic heterocycles. The van der Waals surface area contributed by atoms with E-state index in [0.29, 0.717) is 5.75 Å². The quantitative estimate of drug-likeness (QED) is 0.692. The van der Waals surface area contributed by atoms with Crippen molar-refractivity contribution in [1.82, 2.24) is 4.98 Å². The van der Waals surface area contributed by atoms with Gasteiger partial charge in [0.15, 0.2) is 0 Å². The Balaban J connectivity index is 2.91. The molecule has 0 saturated heterocycles. The fourth-order valence-electron chi connectivity index (χ4n) is 0.776. The minimum Gasteiger partial charge on any atom is -0.495 e. The molecule has 1 aromatic heterocycles. The Morgan fingerprint density at radius 3 is 2.82 bits per heavy atom. The topological polar surface area (TPSA) is 42.4 Å². The first-order valence-corrected chi connectivity index (χ1v) is 3.41. The van der Waals surface area contributed by atoms with Crippen LogP contribution in [0.4, 0.5) is 0 Å². The van der Waals surface area contributed by atoms with Crippen LogP contribution in [0.15, 0.2) is 18.5 Å². The standard InChI is InChI=1S/C8H11NO2/c1-6(10)7-3-8(11-2)5-9-4-7/h3-6,10H,1-2H3/t6-/m1/s1. The zero-order valence-corrected chi connectivity index (χ0v) is 6.61. The Labute approximate surface area is 65.7 Å². The van der Waals surface area contributed by atoms with Crippen molar-refractivity contribution in [2.75, 3.05) is 7.11 Å². The van der Waals surface area contributed by atoms with Gasteiger partial charge in [-0.3, -0.25) is 4.98 Å². The largest absolute Gasteiger partial charge is 0.495 e. The third-order valence-corrected chi connectivity index (χ3v) is 1.45. The minimum atomic E-state index is -0.488. The summed E-state index contributed by atoms with van der Waals surface area (Å²) in [6.07, 6.45) is 2.73. The van der Waals surface area contributed by atoms with Crippen molar-refractivity contribution in [3.8, 4) is 5.75 Å². The summed E-state index contributed by atoms with van der Waals surface area (Å²) in [5, 5.41) is 9.15. The van der Waals surface area contributed by atoms with Gasteiger partial charge < -0.3 is 9.84 Å². The van der Waals surface area contributed by atoms with E-state index in [1.807, 2.05) is 0 Å². The second kappa shape index (κ2) is 3.34. The Morgan fingerprint density at radius 1 is 1.55 bits per heavy atom. The van der Waals surface area contributed by atoms with E-state index in [9.17, 15) is 0 Å². The third-order valence-electron chi connectivity index (χ3n) is 1.45. The number of ether oxygens (including phenoxy) is 1. The van der Waals surface area contributed by atoms with Crippen LogP contribution in [0, 0.1) is 0 Å². The zero-order chi connectivity index (χ0) is 8.27. The van der Waals surface area contributed by atoms with E-state index in [1.165, 1.54) is 0 Å². The lowest BCUT2D eigenvalue weighted by atomic mass is 10.2. The molecule has 0 bridgehead atoms. The molecule has 1 heterocycles. The van der Waals surface area contributed by atoms with Gasteiger partial charge in [-0.1, -0.05) is 0 Å². The summed E-state index contributed by atoms with van der Waals surface area (Å²) < 4.78 is 4.93. The van der Waals surface area contributed by atoms with Crippen molar-refractivity contribution < 1.29 is 9.84 Å². The van der Waals surface area contributed by atoms with Crippen LogP contribution in [0.5, 0.6) is 5.75 Å². The maximum atomic E-state index is 9.15. The molecule has 0 amide bonds.